The summed E-state index contributed by atoms with van der Waals surface area (Å²) < 4.78 is 2.04. The van der Waals surface area contributed by atoms with E-state index >= 15 is 0 Å². The number of thioether (sulfide) groups is 1. The number of nitrogens with two attached hydrogens (primary N) is 1. The predicted molar refractivity (Wildman–Crippen MR) is 112 cm³/mol. The minimum Gasteiger partial charge on any atom is -0.368 e. The van der Waals surface area contributed by atoms with Crippen molar-refractivity contribution >= 4 is 23.6 Å². The average molecular weight is 394 g/mol. The van der Waals surface area contributed by atoms with Gasteiger partial charge in [-0.1, -0.05) is 60.3 Å². The van der Waals surface area contributed by atoms with E-state index in [-0.39, 0.29) is 0 Å². The molecule has 0 aliphatic carbocycles. The number of piperidine rings is 1. The Morgan fingerprint density at radius 2 is 1.57 bits per heavy atom. The Morgan fingerprint density at radius 1 is 0.929 bits per heavy atom. The molecule has 28 heavy (non-hydrogen) atoms. The summed E-state index contributed by atoms with van der Waals surface area (Å²) in [4.78, 5) is 14.5. The molecule has 0 spiro atoms. The van der Waals surface area contributed by atoms with E-state index in [4.69, 9.17) is 5.73 Å². The van der Waals surface area contributed by atoms with Crippen LogP contribution >= 0.6 is 11.8 Å². The number of primary amides is 1. The number of aromatic nitrogens is 3. The fraction of sp³-hybridized carbons (Fsp3) is 0.286. The lowest BCUT2D eigenvalue weighted by atomic mass is 10.1. The number of benzene rings is 2. The third-order valence-electron chi connectivity index (χ3n) is 4.85. The monoisotopic (exact) mass is 393 g/mol. The van der Waals surface area contributed by atoms with Gasteiger partial charge in [0.15, 0.2) is 5.16 Å². The van der Waals surface area contributed by atoms with Crippen LogP contribution in [0.1, 0.15) is 30.1 Å². The van der Waals surface area contributed by atoms with E-state index in [0.717, 1.165) is 43.1 Å². The smallest absolute Gasteiger partial charge is 0.235 e. The molecule has 0 saturated carbocycles. The van der Waals surface area contributed by atoms with E-state index in [9.17, 15) is 4.79 Å². The quantitative estimate of drug-likeness (QED) is 0.648. The number of anilines is 1. The van der Waals surface area contributed by atoms with Crippen LogP contribution < -0.4 is 10.6 Å². The maximum absolute atomic E-state index is 12.2. The molecule has 1 amide bonds. The maximum atomic E-state index is 12.2. The van der Waals surface area contributed by atoms with Gasteiger partial charge >= 0.3 is 0 Å². The maximum Gasteiger partial charge on any atom is 0.235 e. The molecule has 2 heterocycles. The lowest BCUT2D eigenvalue weighted by molar-refractivity contribution is -0.117. The van der Waals surface area contributed by atoms with Gasteiger partial charge in [0.25, 0.3) is 0 Å². The Balaban J connectivity index is 1.74. The second-order valence-corrected chi connectivity index (χ2v) is 7.88. The van der Waals surface area contributed by atoms with Gasteiger partial charge < -0.3 is 10.6 Å². The number of hydrogen-bond donors (Lipinski definition) is 1. The van der Waals surface area contributed by atoms with E-state index in [0.29, 0.717) is 5.16 Å². The van der Waals surface area contributed by atoms with Crippen molar-refractivity contribution < 1.29 is 4.79 Å². The van der Waals surface area contributed by atoms with E-state index in [2.05, 4.69) is 15.1 Å². The summed E-state index contributed by atoms with van der Waals surface area (Å²) in [6.45, 7) is 1.93. The second kappa shape index (κ2) is 8.48. The zero-order chi connectivity index (χ0) is 19.3. The van der Waals surface area contributed by atoms with Gasteiger partial charge in [-0.15, -0.1) is 10.2 Å². The highest BCUT2D eigenvalue weighted by Gasteiger charge is 2.26. The van der Waals surface area contributed by atoms with Crippen LogP contribution in [0.3, 0.4) is 0 Å². The topological polar surface area (TPSA) is 77.0 Å². The minimum atomic E-state index is -0.526. The Morgan fingerprint density at radius 3 is 2.21 bits per heavy atom. The first-order valence-electron chi connectivity index (χ1n) is 9.51. The van der Waals surface area contributed by atoms with Gasteiger partial charge in [-0.3, -0.25) is 9.36 Å². The number of hydrogen-bond acceptors (Lipinski definition) is 5. The summed E-state index contributed by atoms with van der Waals surface area (Å²) in [5.74, 6) is 0.433. The third kappa shape index (κ3) is 3.89. The summed E-state index contributed by atoms with van der Waals surface area (Å²) in [5.41, 5.74) is 7.57. The largest absolute Gasteiger partial charge is 0.368 e. The number of para-hydroxylation sites is 1. The number of carbonyl (C=O) groups is 1. The molecule has 1 aliphatic heterocycles. The van der Waals surface area contributed by atoms with Crippen molar-refractivity contribution in [1.29, 1.82) is 0 Å². The molecular weight excluding hydrogens is 370 g/mol. The van der Waals surface area contributed by atoms with E-state index < -0.39 is 11.2 Å². The summed E-state index contributed by atoms with van der Waals surface area (Å²) in [6.07, 6.45) is 3.55. The van der Waals surface area contributed by atoms with Crippen molar-refractivity contribution in [1.82, 2.24) is 14.8 Å². The highest BCUT2D eigenvalue weighted by atomic mass is 32.2. The van der Waals surface area contributed by atoms with E-state index in [1.54, 1.807) is 0 Å². The zero-order valence-corrected chi connectivity index (χ0v) is 16.4. The Kier molecular flexibility index (Phi) is 5.62. The lowest BCUT2D eigenvalue weighted by Crippen LogP contribution is -2.31. The lowest BCUT2D eigenvalue weighted by Gasteiger charge is -2.28. The fourth-order valence-corrected chi connectivity index (χ4v) is 4.46. The molecule has 7 heteroatoms. The summed E-state index contributed by atoms with van der Waals surface area (Å²) in [6, 6.07) is 19.6. The van der Waals surface area contributed by atoms with Gasteiger partial charge in [-0.25, -0.2) is 0 Å². The SMILES string of the molecule is NC(=O)[C@H](Sc1nnc(N2CCCCC2)n1-c1ccccc1)c1ccccc1. The van der Waals surface area contributed by atoms with Crippen LogP contribution in [0.4, 0.5) is 5.95 Å². The van der Waals surface area contributed by atoms with Crippen molar-refractivity contribution in [3.8, 4) is 5.69 Å². The Bertz CT molecular complexity index is 922. The molecule has 4 rings (SSSR count). The van der Waals surface area contributed by atoms with Crippen LogP contribution in [0.2, 0.25) is 0 Å². The highest BCUT2D eigenvalue weighted by Crippen LogP contribution is 2.37. The number of amides is 1. The molecule has 2 aromatic carbocycles. The molecular formula is C21H23N5OS. The van der Waals surface area contributed by atoms with Crippen molar-refractivity contribution in [3.63, 3.8) is 0 Å². The molecule has 144 valence electrons. The minimum absolute atomic E-state index is 0.390. The van der Waals surface area contributed by atoms with Gasteiger partial charge in [0.2, 0.25) is 11.9 Å². The van der Waals surface area contributed by atoms with Crippen LogP contribution in [-0.2, 0) is 4.79 Å². The van der Waals surface area contributed by atoms with Crippen LogP contribution in [0, 0.1) is 0 Å². The van der Waals surface area contributed by atoms with Gasteiger partial charge in [0.05, 0.1) is 5.69 Å². The molecule has 0 unspecified atom stereocenters. The Labute approximate surface area is 168 Å². The molecule has 1 saturated heterocycles. The Hall–Kier alpha value is -2.80. The molecule has 0 radical (unpaired) electrons. The fourth-order valence-electron chi connectivity index (χ4n) is 3.46. The van der Waals surface area contributed by atoms with Crippen LogP contribution in [0.5, 0.6) is 0 Å². The van der Waals surface area contributed by atoms with Gasteiger partial charge in [0, 0.05) is 13.1 Å². The summed E-state index contributed by atoms with van der Waals surface area (Å²) in [7, 11) is 0. The normalized spacial score (nSPS) is 15.4. The molecule has 1 atom stereocenters. The molecule has 6 nitrogen and oxygen atoms in total. The van der Waals surface area contributed by atoms with E-state index in [1.807, 2.05) is 65.2 Å². The number of rotatable bonds is 6. The number of nitrogens with zero attached hydrogens (tertiary/aromatic N) is 4. The summed E-state index contributed by atoms with van der Waals surface area (Å²) in [5, 5.41) is 9.07. The van der Waals surface area contributed by atoms with Crippen molar-refractivity contribution in [2.45, 2.75) is 29.7 Å². The molecule has 3 aromatic rings. The van der Waals surface area contributed by atoms with Crippen LogP contribution in [0.15, 0.2) is 65.8 Å². The zero-order valence-electron chi connectivity index (χ0n) is 15.6. The van der Waals surface area contributed by atoms with Crippen molar-refractivity contribution in [2.24, 2.45) is 5.73 Å². The molecule has 0 bridgehead atoms. The second-order valence-electron chi connectivity index (χ2n) is 6.81. The average Bonchev–Trinajstić information content (AvgIpc) is 3.17. The molecule has 1 fully saturated rings. The molecule has 2 N–H and O–H groups in total. The van der Waals surface area contributed by atoms with Crippen LogP contribution in [-0.4, -0.2) is 33.8 Å². The van der Waals surface area contributed by atoms with Gasteiger partial charge in [-0.2, -0.15) is 0 Å². The third-order valence-corrected chi connectivity index (χ3v) is 6.07. The molecule has 1 aliphatic rings. The number of carbonyl (C=O) groups excluding carboxylic acids is 1. The van der Waals surface area contributed by atoms with Gasteiger partial charge in [-0.05, 0) is 37.0 Å². The van der Waals surface area contributed by atoms with Crippen molar-refractivity contribution in [3.05, 3.63) is 66.2 Å². The first-order chi connectivity index (χ1) is 13.7. The van der Waals surface area contributed by atoms with Crippen molar-refractivity contribution in [2.75, 3.05) is 18.0 Å². The summed E-state index contributed by atoms with van der Waals surface area (Å²) >= 11 is 1.34. The predicted octanol–water partition coefficient (Wildman–Crippen LogP) is 3.58. The van der Waals surface area contributed by atoms with E-state index in [1.165, 1.54) is 18.2 Å². The highest BCUT2D eigenvalue weighted by molar-refractivity contribution is 8.00. The standard InChI is InChI=1S/C21H23N5OS/c22-19(27)18(16-10-4-1-5-11-16)28-21-24-23-20(25-14-8-3-9-15-25)26(21)17-12-6-2-7-13-17/h1-2,4-7,10-13,18H,3,8-9,14-15H2,(H2,22,27)/t18-/m1/s1. The molecule has 1 aromatic heterocycles. The first-order valence-corrected chi connectivity index (χ1v) is 10.4. The van der Waals surface area contributed by atoms with Gasteiger partial charge in [0.1, 0.15) is 5.25 Å². The van der Waals surface area contributed by atoms with Crippen LogP contribution in [0.25, 0.3) is 5.69 Å². The first kappa shape index (κ1) is 18.6.